The lowest BCUT2D eigenvalue weighted by molar-refractivity contribution is -0.133. The minimum Gasteiger partial charge on any atom is -0.342 e. The third-order valence-electron chi connectivity index (χ3n) is 3.57. The van der Waals surface area contributed by atoms with Gasteiger partial charge < -0.3 is 10.2 Å². The highest BCUT2D eigenvalue weighted by Gasteiger charge is 2.24. The average molecular weight is 278 g/mol. The van der Waals surface area contributed by atoms with Crippen molar-refractivity contribution < 1.29 is 4.79 Å². The normalized spacial score (nSPS) is 19.1. The lowest BCUT2D eigenvalue weighted by Gasteiger charge is -2.30. The van der Waals surface area contributed by atoms with Crippen molar-refractivity contribution >= 4 is 18.3 Å². The van der Waals surface area contributed by atoms with Crippen molar-refractivity contribution in [3.05, 3.63) is 0 Å². The van der Waals surface area contributed by atoms with Crippen LogP contribution in [-0.4, -0.2) is 61.0 Å². The van der Waals surface area contributed by atoms with Crippen molar-refractivity contribution in [3.8, 4) is 0 Å². The summed E-state index contributed by atoms with van der Waals surface area (Å²) in [5, 5.41) is 3.37. The van der Waals surface area contributed by atoms with Gasteiger partial charge in [-0.05, 0) is 39.8 Å². The summed E-state index contributed by atoms with van der Waals surface area (Å²) in [7, 11) is 1.89. The van der Waals surface area contributed by atoms with Crippen LogP contribution in [0.1, 0.15) is 33.6 Å². The number of nitrogens with zero attached hydrogens (tertiary/aromatic N) is 2. The minimum absolute atomic E-state index is 0. The molecule has 1 aliphatic rings. The van der Waals surface area contributed by atoms with Crippen LogP contribution in [0.3, 0.4) is 0 Å². The summed E-state index contributed by atoms with van der Waals surface area (Å²) in [6.45, 7) is 9.97. The highest BCUT2D eigenvalue weighted by molar-refractivity contribution is 5.85. The maximum atomic E-state index is 12.1. The standard InChI is InChI=1S/C13H27N3O.ClH/c1-5-8-16(12-6-7-14-9-12)10-13(17)15(4)11(2)3;/h11-12,14H,5-10H2,1-4H3;1H. The van der Waals surface area contributed by atoms with Crippen molar-refractivity contribution in [2.24, 2.45) is 0 Å². The Bertz CT molecular complexity index is 242. The maximum absolute atomic E-state index is 12.1. The summed E-state index contributed by atoms with van der Waals surface area (Å²) >= 11 is 0. The first-order valence-corrected chi connectivity index (χ1v) is 6.76. The number of amides is 1. The molecule has 1 saturated heterocycles. The van der Waals surface area contributed by atoms with Gasteiger partial charge in [0.2, 0.25) is 5.91 Å². The molecule has 0 spiro atoms. The second-order valence-electron chi connectivity index (χ2n) is 5.22. The van der Waals surface area contributed by atoms with Gasteiger partial charge in [0.05, 0.1) is 6.54 Å². The molecule has 108 valence electrons. The zero-order chi connectivity index (χ0) is 12.8. The van der Waals surface area contributed by atoms with Gasteiger partial charge >= 0.3 is 0 Å². The molecule has 1 atom stereocenters. The van der Waals surface area contributed by atoms with Gasteiger partial charge in [0, 0.05) is 25.7 Å². The lowest BCUT2D eigenvalue weighted by Crippen LogP contribution is -2.46. The molecule has 0 radical (unpaired) electrons. The van der Waals surface area contributed by atoms with Gasteiger partial charge in [-0.15, -0.1) is 12.4 Å². The Kier molecular flexibility index (Phi) is 8.57. The molecule has 0 aromatic rings. The topological polar surface area (TPSA) is 35.6 Å². The number of hydrogen-bond donors (Lipinski definition) is 1. The zero-order valence-corrected chi connectivity index (χ0v) is 12.9. The van der Waals surface area contributed by atoms with Crippen molar-refractivity contribution in [2.45, 2.75) is 45.7 Å². The Balaban J connectivity index is 0.00000289. The Morgan fingerprint density at radius 3 is 2.56 bits per heavy atom. The monoisotopic (exact) mass is 277 g/mol. The molecule has 1 fully saturated rings. The molecule has 0 aliphatic carbocycles. The van der Waals surface area contributed by atoms with E-state index in [4.69, 9.17) is 0 Å². The number of hydrogen-bond acceptors (Lipinski definition) is 3. The number of carbonyl (C=O) groups is 1. The molecular formula is C13H28ClN3O. The van der Waals surface area contributed by atoms with Gasteiger partial charge in [0.15, 0.2) is 0 Å². The molecule has 1 N–H and O–H groups in total. The van der Waals surface area contributed by atoms with Gasteiger partial charge in [-0.3, -0.25) is 9.69 Å². The van der Waals surface area contributed by atoms with E-state index in [2.05, 4.69) is 31.0 Å². The molecule has 0 aromatic heterocycles. The van der Waals surface area contributed by atoms with Crippen molar-refractivity contribution in [2.75, 3.05) is 33.2 Å². The number of nitrogens with one attached hydrogen (secondary N) is 1. The molecule has 0 saturated carbocycles. The van der Waals surface area contributed by atoms with Crippen LogP contribution in [-0.2, 0) is 4.79 Å². The fourth-order valence-electron chi connectivity index (χ4n) is 2.20. The number of rotatable bonds is 6. The maximum Gasteiger partial charge on any atom is 0.236 e. The summed E-state index contributed by atoms with van der Waals surface area (Å²) in [5.74, 6) is 0.236. The summed E-state index contributed by atoms with van der Waals surface area (Å²) in [4.78, 5) is 16.3. The van der Waals surface area contributed by atoms with Crippen LogP contribution in [0.25, 0.3) is 0 Å². The Morgan fingerprint density at radius 2 is 2.11 bits per heavy atom. The van der Waals surface area contributed by atoms with Crippen LogP contribution in [0.15, 0.2) is 0 Å². The van der Waals surface area contributed by atoms with E-state index in [0.717, 1.165) is 26.1 Å². The van der Waals surface area contributed by atoms with Crippen LogP contribution in [0.4, 0.5) is 0 Å². The largest absolute Gasteiger partial charge is 0.342 e. The first-order valence-electron chi connectivity index (χ1n) is 6.76. The summed E-state index contributed by atoms with van der Waals surface area (Å²) in [5.41, 5.74) is 0. The Morgan fingerprint density at radius 1 is 1.44 bits per heavy atom. The summed E-state index contributed by atoms with van der Waals surface area (Å²) < 4.78 is 0. The average Bonchev–Trinajstić information content (AvgIpc) is 2.80. The molecular weight excluding hydrogens is 250 g/mol. The van der Waals surface area contributed by atoms with E-state index >= 15 is 0 Å². The summed E-state index contributed by atoms with van der Waals surface area (Å²) in [6.07, 6.45) is 2.27. The number of likely N-dealkylation sites (N-methyl/N-ethyl adjacent to an activating group) is 1. The van der Waals surface area contributed by atoms with E-state index < -0.39 is 0 Å². The van der Waals surface area contributed by atoms with E-state index in [-0.39, 0.29) is 24.4 Å². The van der Waals surface area contributed by atoms with Gasteiger partial charge in [-0.1, -0.05) is 6.92 Å². The van der Waals surface area contributed by atoms with E-state index in [1.54, 1.807) is 0 Å². The highest BCUT2D eigenvalue weighted by Crippen LogP contribution is 2.10. The molecule has 1 unspecified atom stereocenters. The van der Waals surface area contributed by atoms with Crippen molar-refractivity contribution in [1.29, 1.82) is 0 Å². The molecule has 1 aliphatic heterocycles. The van der Waals surface area contributed by atoms with Gasteiger partial charge in [-0.25, -0.2) is 0 Å². The van der Waals surface area contributed by atoms with Crippen LogP contribution in [0.5, 0.6) is 0 Å². The SMILES string of the molecule is CCCN(CC(=O)N(C)C(C)C)C1CCNC1.Cl. The van der Waals surface area contributed by atoms with Crippen molar-refractivity contribution in [3.63, 3.8) is 0 Å². The molecule has 0 bridgehead atoms. The quantitative estimate of drug-likeness (QED) is 0.796. The smallest absolute Gasteiger partial charge is 0.236 e. The first-order chi connectivity index (χ1) is 8.06. The van der Waals surface area contributed by atoms with Crippen molar-refractivity contribution in [1.82, 2.24) is 15.1 Å². The second-order valence-corrected chi connectivity index (χ2v) is 5.22. The van der Waals surface area contributed by atoms with E-state index in [0.29, 0.717) is 12.6 Å². The molecule has 0 aromatic carbocycles. The number of carbonyl (C=O) groups excluding carboxylic acids is 1. The van der Waals surface area contributed by atoms with Gasteiger partial charge in [0.1, 0.15) is 0 Å². The molecule has 4 nitrogen and oxygen atoms in total. The predicted molar refractivity (Wildman–Crippen MR) is 78.3 cm³/mol. The van der Waals surface area contributed by atoms with Gasteiger partial charge in [-0.2, -0.15) is 0 Å². The molecule has 18 heavy (non-hydrogen) atoms. The Hall–Kier alpha value is -0.320. The third-order valence-corrected chi connectivity index (χ3v) is 3.57. The van der Waals surface area contributed by atoms with E-state index in [1.165, 1.54) is 6.42 Å². The minimum atomic E-state index is 0. The lowest BCUT2D eigenvalue weighted by atomic mass is 10.2. The molecule has 1 amide bonds. The zero-order valence-electron chi connectivity index (χ0n) is 12.1. The van der Waals surface area contributed by atoms with Crippen LogP contribution < -0.4 is 5.32 Å². The molecule has 1 rings (SSSR count). The first kappa shape index (κ1) is 17.7. The predicted octanol–water partition coefficient (Wildman–Crippen LogP) is 1.35. The Labute approximate surface area is 117 Å². The van der Waals surface area contributed by atoms with Gasteiger partial charge in [0.25, 0.3) is 0 Å². The highest BCUT2D eigenvalue weighted by atomic mass is 35.5. The molecule has 5 heteroatoms. The number of halogens is 1. The summed E-state index contributed by atoms with van der Waals surface area (Å²) in [6, 6.07) is 0.826. The van der Waals surface area contributed by atoms with Crippen LogP contribution in [0, 0.1) is 0 Å². The van der Waals surface area contributed by atoms with E-state index in [9.17, 15) is 4.79 Å². The van der Waals surface area contributed by atoms with Crippen LogP contribution in [0.2, 0.25) is 0 Å². The second kappa shape index (κ2) is 8.73. The fraction of sp³-hybridized carbons (Fsp3) is 0.923. The third kappa shape index (κ3) is 5.12. The van der Waals surface area contributed by atoms with E-state index in [1.807, 2.05) is 11.9 Å². The van der Waals surface area contributed by atoms with Crippen LogP contribution >= 0.6 is 12.4 Å². The fourth-order valence-corrected chi connectivity index (χ4v) is 2.20. The molecule has 1 heterocycles.